The third-order valence-electron chi connectivity index (χ3n) is 4.88. The average Bonchev–Trinajstić information content (AvgIpc) is 3.17. The molecule has 2 aromatic heterocycles. The summed E-state index contributed by atoms with van der Waals surface area (Å²) in [5.74, 6) is 1.30. The summed E-state index contributed by atoms with van der Waals surface area (Å²) in [5.41, 5.74) is 3.02. The van der Waals surface area contributed by atoms with Gasteiger partial charge >= 0.3 is 0 Å². The van der Waals surface area contributed by atoms with Crippen molar-refractivity contribution >= 4 is 27.4 Å². The molecule has 4 heterocycles. The zero-order chi connectivity index (χ0) is 16.8. The van der Waals surface area contributed by atoms with Gasteiger partial charge in [-0.3, -0.25) is 0 Å². The molecule has 2 N–H and O–H groups in total. The normalized spacial score (nSPS) is 21.6. The first-order chi connectivity index (χ1) is 12.3. The largest absolute Gasteiger partial charge is 0.380 e. The molecule has 3 aromatic rings. The van der Waals surface area contributed by atoms with Gasteiger partial charge in [-0.05, 0) is 19.1 Å². The molecular formula is C18H21N5OS. The van der Waals surface area contributed by atoms with Gasteiger partial charge in [0.1, 0.15) is 15.7 Å². The highest BCUT2D eigenvalue weighted by Gasteiger charge is 2.30. The van der Waals surface area contributed by atoms with Crippen LogP contribution in [0.4, 0.5) is 5.00 Å². The van der Waals surface area contributed by atoms with E-state index in [-0.39, 0.29) is 0 Å². The zero-order valence-electron chi connectivity index (χ0n) is 14.2. The van der Waals surface area contributed by atoms with Crippen LogP contribution in [0.2, 0.25) is 0 Å². The van der Waals surface area contributed by atoms with Crippen molar-refractivity contribution in [3.8, 4) is 11.5 Å². The number of rotatable bonds is 3. The van der Waals surface area contributed by atoms with E-state index in [1.165, 1.54) is 10.0 Å². The summed E-state index contributed by atoms with van der Waals surface area (Å²) < 4.78 is 5.37. The van der Waals surface area contributed by atoms with Crippen molar-refractivity contribution in [3.63, 3.8) is 0 Å². The molecule has 2 fully saturated rings. The fourth-order valence-electron chi connectivity index (χ4n) is 3.43. The Labute approximate surface area is 150 Å². The topological polar surface area (TPSA) is 66.1 Å². The van der Waals surface area contributed by atoms with Crippen LogP contribution in [0.1, 0.15) is 17.8 Å². The lowest BCUT2D eigenvalue weighted by Gasteiger charge is -2.32. The summed E-state index contributed by atoms with van der Waals surface area (Å²) in [4.78, 5) is 15.7. The summed E-state index contributed by atoms with van der Waals surface area (Å²) in [6.45, 7) is 6.79. The number of hydrogen-bond donors (Lipinski definition) is 2. The minimum Gasteiger partial charge on any atom is -0.380 e. The molecule has 7 heteroatoms. The van der Waals surface area contributed by atoms with Gasteiger partial charge in [0.25, 0.3) is 0 Å². The maximum atomic E-state index is 5.37. The van der Waals surface area contributed by atoms with Crippen molar-refractivity contribution in [3.05, 3.63) is 29.3 Å². The lowest BCUT2D eigenvalue weighted by molar-refractivity contribution is 0.00837. The van der Waals surface area contributed by atoms with Crippen molar-refractivity contribution in [2.75, 3.05) is 37.7 Å². The molecule has 0 unspecified atom stereocenters. The summed E-state index contributed by atoms with van der Waals surface area (Å²) in [6.07, 6.45) is 0. The summed E-state index contributed by atoms with van der Waals surface area (Å²) in [7, 11) is 0. The van der Waals surface area contributed by atoms with E-state index in [4.69, 9.17) is 14.7 Å². The Morgan fingerprint density at radius 3 is 2.88 bits per heavy atom. The third-order valence-corrected chi connectivity index (χ3v) is 6.16. The molecule has 5 rings (SSSR count). The van der Waals surface area contributed by atoms with E-state index >= 15 is 0 Å². The number of aromatic nitrogens is 3. The van der Waals surface area contributed by atoms with E-state index in [1.807, 2.05) is 18.2 Å². The molecule has 6 nitrogen and oxygen atoms in total. The first-order valence-corrected chi connectivity index (χ1v) is 9.61. The standard InChI is InChI=1S/C18H21N5OS/c1-11-8-23(7-6-19-11)18-15(22-17(25-18)12-9-24-10-12)16-20-13-4-2-3-5-14(13)21-16/h2-5,11-12,19H,6-10H2,1H3,(H,20,21)/t11-/m1/s1. The number of nitrogens with zero attached hydrogens (tertiary/aromatic N) is 3. The zero-order valence-corrected chi connectivity index (χ0v) is 15.0. The van der Waals surface area contributed by atoms with Gasteiger partial charge in [-0.1, -0.05) is 12.1 Å². The number of imidazole rings is 1. The number of thiazole rings is 1. The van der Waals surface area contributed by atoms with Crippen molar-refractivity contribution < 1.29 is 4.74 Å². The Bertz CT molecular complexity index is 867. The van der Waals surface area contributed by atoms with E-state index in [0.717, 1.165) is 55.4 Å². The van der Waals surface area contributed by atoms with Crippen LogP contribution in [0.25, 0.3) is 22.6 Å². The Balaban J connectivity index is 1.59. The minimum absolute atomic E-state index is 0.433. The van der Waals surface area contributed by atoms with E-state index < -0.39 is 0 Å². The number of piperazine rings is 1. The lowest BCUT2D eigenvalue weighted by atomic mass is 10.1. The first-order valence-electron chi connectivity index (χ1n) is 8.80. The van der Waals surface area contributed by atoms with Crippen LogP contribution >= 0.6 is 11.3 Å². The van der Waals surface area contributed by atoms with Gasteiger partial charge in [-0.2, -0.15) is 0 Å². The number of anilines is 1. The number of H-pyrrole nitrogens is 1. The fraction of sp³-hybridized carbons (Fsp3) is 0.444. The molecule has 0 amide bonds. The van der Waals surface area contributed by atoms with Gasteiger partial charge in [0, 0.05) is 25.7 Å². The molecule has 0 radical (unpaired) electrons. The number of ether oxygens (including phenoxy) is 1. The fourth-order valence-corrected chi connectivity index (χ4v) is 4.60. The van der Waals surface area contributed by atoms with E-state index in [0.29, 0.717) is 12.0 Å². The third kappa shape index (κ3) is 2.72. The molecular weight excluding hydrogens is 334 g/mol. The summed E-state index contributed by atoms with van der Waals surface area (Å²) in [5, 5.41) is 5.91. The summed E-state index contributed by atoms with van der Waals surface area (Å²) in [6, 6.07) is 8.63. The number of hydrogen-bond acceptors (Lipinski definition) is 6. The molecule has 1 aromatic carbocycles. The van der Waals surface area contributed by atoms with Crippen LogP contribution in [-0.4, -0.2) is 53.8 Å². The second-order valence-corrected chi connectivity index (χ2v) is 7.85. The smallest absolute Gasteiger partial charge is 0.160 e. The second kappa shape index (κ2) is 6.09. The SMILES string of the molecule is C[C@@H]1CN(c2sc(C3COC3)nc2-c2nc3ccccc3[nH]2)CCN1. The van der Waals surface area contributed by atoms with Gasteiger partial charge in [-0.25, -0.2) is 9.97 Å². The van der Waals surface area contributed by atoms with Crippen LogP contribution in [0, 0.1) is 0 Å². The molecule has 0 spiro atoms. The highest BCUT2D eigenvalue weighted by molar-refractivity contribution is 7.16. The van der Waals surface area contributed by atoms with Crippen molar-refractivity contribution in [1.29, 1.82) is 0 Å². The number of fused-ring (bicyclic) bond motifs is 1. The molecule has 2 aliphatic rings. The highest BCUT2D eigenvalue weighted by atomic mass is 32.1. The van der Waals surface area contributed by atoms with Crippen LogP contribution in [-0.2, 0) is 4.74 Å². The highest BCUT2D eigenvalue weighted by Crippen LogP contribution is 2.40. The van der Waals surface area contributed by atoms with Crippen molar-refractivity contribution in [2.24, 2.45) is 0 Å². The minimum atomic E-state index is 0.433. The van der Waals surface area contributed by atoms with Crippen LogP contribution in [0.15, 0.2) is 24.3 Å². The molecule has 130 valence electrons. The van der Waals surface area contributed by atoms with Gasteiger partial charge < -0.3 is 19.9 Å². The summed E-state index contributed by atoms with van der Waals surface area (Å²) >= 11 is 1.80. The number of benzene rings is 1. The number of aromatic amines is 1. The van der Waals surface area contributed by atoms with Gasteiger partial charge in [0.05, 0.1) is 30.2 Å². The molecule has 2 aliphatic heterocycles. The van der Waals surface area contributed by atoms with Crippen molar-refractivity contribution in [2.45, 2.75) is 18.9 Å². The average molecular weight is 355 g/mol. The predicted octanol–water partition coefficient (Wildman–Crippen LogP) is 2.60. The maximum Gasteiger partial charge on any atom is 0.160 e. The molecule has 0 bridgehead atoms. The molecule has 1 atom stereocenters. The first kappa shape index (κ1) is 15.3. The Morgan fingerprint density at radius 1 is 1.24 bits per heavy atom. The second-order valence-electron chi connectivity index (χ2n) is 6.84. The van der Waals surface area contributed by atoms with E-state index in [9.17, 15) is 0 Å². The number of para-hydroxylation sites is 2. The monoisotopic (exact) mass is 355 g/mol. The predicted molar refractivity (Wildman–Crippen MR) is 100 cm³/mol. The van der Waals surface area contributed by atoms with Crippen LogP contribution in [0.3, 0.4) is 0 Å². The maximum absolute atomic E-state index is 5.37. The van der Waals surface area contributed by atoms with E-state index in [1.54, 1.807) is 11.3 Å². The lowest BCUT2D eigenvalue weighted by Crippen LogP contribution is -2.49. The molecule has 2 saturated heterocycles. The van der Waals surface area contributed by atoms with Gasteiger partial charge in [-0.15, -0.1) is 11.3 Å². The Morgan fingerprint density at radius 2 is 2.12 bits per heavy atom. The van der Waals surface area contributed by atoms with E-state index in [2.05, 4.69) is 28.2 Å². The number of nitrogens with one attached hydrogen (secondary N) is 2. The molecule has 0 aliphatic carbocycles. The van der Waals surface area contributed by atoms with Crippen molar-refractivity contribution in [1.82, 2.24) is 20.3 Å². The van der Waals surface area contributed by atoms with Gasteiger partial charge in [0.2, 0.25) is 0 Å². The van der Waals surface area contributed by atoms with Crippen LogP contribution in [0.5, 0.6) is 0 Å². The molecule has 0 saturated carbocycles. The quantitative estimate of drug-likeness (QED) is 0.756. The molecule has 25 heavy (non-hydrogen) atoms. The Hall–Kier alpha value is -1.96. The van der Waals surface area contributed by atoms with Crippen LogP contribution < -0.4 is 10.2 Å². The Kier molecular flexibility index (Phi) is 3.73. The van der Waals surface area contributed by atoms with Gasteiger partial charge in [0.15, 0.2) is 5.82 Å².